The lowest BCUT2D eigenvalue weighted by Crippen LogP contribution is -2.32. The van der Waals surface area contributed by atoms with Crippen LogP contribution in [0.4, 0.5) is 0 Å². The molecule has 7 heteroatoms. The zero-order valence-corrected chi connectivity index (χ0v) is 15.0. The fraction of sp³-hybridized carbons (Fsp3) is 0.588. The van der Waals surface area contributed by atoms with Crippen molar-refractivity contribution in [3.63, 3.8) is 0 Å². The summed E-state index contributed by atoms with van der Waals surface area (Å²) in [4.78, 5) is 11.0. The van der Waals surface area contributed by atoms with E-state index < -0.39 is 0 Å². The summed E-state index contributed by atoms with van der Waals surface area (Å²) in [5, 5.41) is 7.61. The molecule has 0 unspecified atom stereocenters. The van der Waals surface area contributed by atoms with Crippen LogP contribution in [-0.4, -0.2) is 31.0 Å². The zero-order chi connectivity index (χ0) is 17.4. The molecule has 1 aromatic heterocycles. The molecule has 2 N–H and O–H groups in total. The van der Waals surface area contributed by atoms with Crippen molar-refractivity contribution in [2.45, 2.75) is 44.9 Å². The molecule has 0 amide bonds. The first-order chi connectivity index (χ1) is 11.6. The molecule has 0 radical (unpaired) electrons. The Morgan fingerprint density at radius 2 is 2.25 bits per heavy atom. The minimum Gasteiger partial charge on any atom is -0.469 e. The van der Waals surface area contributed by atoms with E-state index in [0.29, 0.717) is 17.5 Å². The van der Waals surface area contributed by atoms with E-state index in [1.54, 1.807) is 6.21 Å². The van der Waals surface area contributed by atoms with Crippen LogP contribution >= 0.6 is 12.2 Å². The van der Waals surface area contributed by atoms with Gasteiger partial charge >= 0.3 is 5.97 Å². The number of hydrogen-bond donors (Lipinski definition) is 2. The van der Waals surface area contributed by atoms with Gasteiger partial charge in [0.05, 0.1) is 13.3 Å². The largest absolute Gasteiger partial charge is 0.469 e. The second-order valence-electron chi connectivity index (χ2n) is 6.07. The average molecular weight is 351 g/mol. The van der Waals surface area contributed by atoms with E-state index >= 15 is 0 Å². The number of unbranched alkanes of at least 4 members (excludes halogenated alkanes) is 2. The fourth-order valence-corrected chi connectivity index (χ4v) is 2.58. The van der Waals surface area contributed by atoms with E-state index in [-0.39, 0.29) is 5.97 Å². The summed E-state index contributed by atoms with van der Waals surface area (Å²) in [6.07, 6.45) is 6.00. The number of carbonyl (C=O) groups excluding carboxylic acids is 1. The predicted molar refractivity (Wildman–Crippen MR) is 97.0 cm³/mol. The number of hydrazone groups is 1. The third-order valence-corrected chi connectivity index (χ3v) is 4.29. The van der Waals surface area contributed by atoms with Crippen LogP contribution in [-0.2, 0) is 9.53 Å². The molecule has 2 rings (SSSR count). The van der Waals surface area contributed by atoms with Crippen molar-refractivity contribution in [3.05, 3.63) is 23.7 Å². The van der Waals surface area contributed by atoms with Crippen molar-refractivity contribution < 1.29 is 13.9 Å². The number of nitrogens with one attached hydrogen (secondary N) is 2. The highest BCUT2D eigenvalue weighted by Gasteiger charge is 2.36. The predicted octanol–water partition coefficient (Wildman–Crippen LogP) is 2.93. The third-order valence-electron chi connectivity index (χ3n) is 4.05. The average Bonchev–Trinajstić information content (AvgIpc) is 3.11. The second kappa shape index (κ2) is 9.42. The number of furan rings is 1. The number of hydrogen-bond acceptors (Lipinski definition) is 5. The van der Waals surface area contributed by atoms with Gasteiger partial charge in [0.15, 0.2) is 5.11 Å². The summed E-state index contributed by atoms with van der Waals surface area (Å²) in [5.74, 6) is 2.90. The number of rotatable bonds is 9. The highest BCUT2D eigenvalue weighted by atomic mass is 32.1. The molecule has 1 heterocycles. The monoisotopic (exact) mass is 351 g/mol. The van der Waals surface area contributed by atoms with Gasteiger partial charge in [0.25, 0.3) is 0 Å². The number of nitrogens with zero attached hydrogens (tertiary/aromatic N) is 1. The Morgan fingerprint density at radius 3 is 2.96 bits per heavy atom. The van der Waals surface area contributed by atoms with Gasteiger partial charge in [0.2, 0.25) is 0 Å². The molecule has 1 aromatic rings. The Kier molecular flexibility index (Phi) is 7.24. The molecule has 0 saturated heterocycles. The number of esters is 1. The Balaban J connectivity index is 1.54. The normalized spacial score (nSPS) is 19.2. The zero-order valence-electron chi connectivity index (χ0n) is 14.2. The van der Waals surface area contributed by atoms with Crippen LogP contribution in [0.25, 0.3) is 0 Å². The van der Waals surface area contributed by atoms with Crippen LogP contribution in [0.3, 0.4) is 0 Å². The molecular weight excluding hydrogens is 326 g/mol. The Morgan fingerprint density at radius 1 is 1.46 bits per heavy atom. The molecule has 1 fully saturated rings. The fourth-order valence-electron chi connectivity index (χ4n) is 2.42. The lowest BCUT2D eigenvalue weighted by Gasteiger charge is -2.06. The number of methoxy groups -OCH3 is 1. The molecule has 0 spiro atoms. The Bertz CT molecular complexity index is 585. The highest BCUT2D eigenvalue weighted by Crippen LogP contribution is 2.47. The van der Waals surface area contributed by atoms with Gasteiger partial charge in [0, 0.05) is 18.9 Å². The molecule has 2 atom stereocenters. The standard InChI is InChI=1S/C17H25N3O3S/c1-12-10-14(12)15-8-7-13(23-15)11-19-20-17(24)18-9-5-3-4-6-16(21)22-2/h7-8,11-12,14H,3-6,9-10H2,1-2H3,(H2,18,20,24)/b19-11-/t12-,14-/m0/s1. The minimum atomic E-state index is -0.160. The lowest BCUT2D eigenvalue weighted by molar-refractivity contribution is -0.140. The Hall–Kier alpha value is -1.89. The van der Waals surface area contributed by atoms with Gasteiger partial charge in [-0.3, -0.25) is 10.2 Å². The third kappa shape index (κ3) is 6.31. The Labute approximate surface area is 148 Å². The number of thiocarbonyl (C=S) groups is 1. The molecule has 1 saturated carbocycles. The van der Waals surface area contributed by atoms with Gasteiger partial charge in [-0.25, -0.2) is 0 Å². The van der Waals surface area contributed by atoms with Crippen molar-refractivity contribution in [2.24, 2.45) is 11.0 Å². The highest BCUT2D eigenvalue weighted by molar-refractivity contribution is 7.80. The van der Waals surface area contributed by atoms with E-state index in [2.05, 4.69) is 27.5 Å². The lowest BCUT2D eigenvalue weighted by atomic mass is 10.2. The first-order valence-corrected chi connectivity index (χ1v) is 8.74. The molecule has 132 valence electrons. The van der Waals surface area contributed by atoms with E-state index in [1.165, 1.54) is 13.5 Å². The van der Waals surface area contributed by atoms with Crippen molar-refractivity contribution in [1.29, 1.82) is 0 Å². The number of ether oxygens (including phenoxy) is 1. The van der Waals surface area contributed by atoms with Crippen LogP contribution < -0.4 is 10.7 Å². The van der Waals surface area contributed by atoms with Gasteiger partial charge < -0.3 is 14.5 Å². The maximum atomic E-state index is 11.0. The van der Waals surface area contributed by atoms with Crippen LogP contribution in [0, 0.1) is 5.92 Å². The summed E-state index contributed by atoms with van der Waals surface area (Å²) in [7, 11) is 1.41. The first-order valence-electron chi connectivity index (χ1n) is 8.33. The maximum Gasteiger partial charge on any atom is 0.305 e. The van der Waals surface area contributed by atoms with Gasteiger partial charge in [-0.1, -0.05) is 13.3 Å². The molecule has 0 aromatic carbocycles. The van der Waals surface area contributed by atoms with E-state index in [9.17, 15) is 4.79 Å². The van der Waals surface area contributed by atoms with Crippen LogP contribution in [0.2, 0.25) is 0 Å². The SMILES string of the molecule is COC(=O)CCCCCNC(=S)N/N=C\c1ccc([C@H]2C[C@@H]2C)o1. The van der Waals surface area contributed by atoms with Gasteiger partial charge in [-0.05, 0) is 49.5 Å². The van der Waals surface area contributed by atoms with Crippen LogP contribution in [0.1, 0.15) is 56.5 Å². The first kappa shape index (κ1) is 18.4. The summed E-state index contributed by atoms with van der Waals surface area (Å²) < 4.78 is 10.3. The molecule has 1 aliphatic carbocycles. The molecule has 24 heavy (non-hydrogen) atoms. The quantitative estimate of drug-likeness (QED) is 0.234. The van der Waals surface area contributed by atoms with E-state index in [1.807, 2.05) is 12.1 Å². The molecule has 0 aliphatic heterocycles. The number of carbonyl (C=O) groups is 1. The van der Waals surface area contributed by atoms with Gasteiger partial charge in [-0.15, -0.1) is 0 Å². The molecule has 6 nitrogen and oxygen atoms in total. The van der Waals surface area contributed by atoms with Crippen molar-refractivity contribution >= 4 is 29.5 Å². The van der Waals surface area contributed by atoms with Gasteiger partial charge in [-0.2, -0.15) is 5.10 Å². The van der Waals surface area contributed by atoms with Crippen LogP contribution in [0.15, 0.2) is 21.7 Å². The van der Waals surface area contributed by atoms with E-state index in [0.717, 1.165) is 43.2 Å². The summed E-state index contributed by atoms with van der Waals surface area (Å²) in [6, 6.07) is 3.93. The molecular formula is C17H25N3O3S. The summed E-state index contributed by atoms with van der Waals surface area (Å²) in [5.41, 5.74) is 2.77. The van der Waals surface area contributed by atoms with Crippen LogP contribution in [0.5, 0.6) is 0 Å². The van der Waals surface area contributed by atoms with Crippen molar-refractivity contribution in [3.8, 4) is 0 Å². The smallest absolute Gasteiger partial charge is 0.305 e. The molecule has 1 aliphatic rings. The summed E-state index contributed by atoms with van der Waals surface area (Å²) >= 11 is 5.14. The van der Waals surface area contributed by atoms with Gasteiger partial charge in [0.1, 0.15) is 11.5 Å². The maximum absolute atomic E-state index is 11.0. The second-order valence-corrected chi connectivity index (χ2v) is 6.48. The van der Waals surface area contributed by atoms with Crippen molar-refractivity contribution in [1.82, 2.24) is 10.7 Å². The topological polar surface area (TPSA) is 75.9 Å². The minimum absolute atomic E-state index is 0.160. The summed E-state index contributed by atoms with van der Waals surface area (Å²) in [6.45, 7) is 2.97. The molecule has 0 bridgehead atoms. The van der Waals surface area contributed by atoms with Crippen molar-refractivity contribution in [2.75, 3.05) is 13.7 Å². The van der Waals surface area contributed by atoms with E-state index in [4.69, 9.17) is 16.6 Å².